The summed E-state index contributed by atoms with van der Waals surface area (Å²) in [5.41, 5.74) is 0. The van der Waals surface area contributed by atoms with Crippen LogP contribution in [-0.2, 0) is 14.8 Å². The molecule has 0 saturated carbocycles. The largest absolute Gasteiger partial charge is 0.381 e. The van der Waals surface area contributed by atoms with Gasteiger partial charge in [0.15, 0.2) is 0 Å². The molecule has 0 atom stereocenters. The molecule has 24 heavy (non-hydrogen) atoms. The highest BCUT2D eigenvalue weighted by atomic mass is 32.2. The van der Waals surface area contributed by atoms with Gasteiger partial charge in [0.25, 0.3) is 0 Å². The Morgan fingerprint density at radius 3 is 2.54 bits per heavy atom. The number of nitrogens with zero attached hydrogens (tertiary/aromatic N) is 1. The molecule has 0 aliphatic carbocycles. The van der Waals surface area contributed by atoms with Gasteiger partial charge in [-0.1, -0.05) is 18.2 Å². The molecule has 0 bridgehead atoms. The van der Waals surface area contributed by atoms with Crippen LogP contribution < -0.4 is 4.72 Å². The molecular weight excluding hydrogens is 344 g/mol. The van der Waals surface area contributed by atoms with Crippen LogP contribution in [0.1, 0.15) is 12.8 Å². The lowest BCUT2D eigenvalue weighted by atomic mass is 9.99. The Labute approximate surface area is 146 Å². The lowest BCUT2D eigenvalue weighted by molar-refractivity contribution is 0.0784. The summed E-state index contributed by atoms with van der Waals surface area (Å²) in [7, 11) is -3.56. The molecule has 128 valence electrons. The average Bonchev–Trinajstić information content (AvgIpc) is 2.63. The molecule has 0 radical (unpaired) electrons. The molecular formula is C17H20N2O3S2. The quantitative estimate of drug-likeness (QED) is 0.853. The summed E-state index contributed by atoms with van der Waals surface area (Å²) in [4.78, 5) is 5.22. The van der Waals surface area contributed by atoms with Crippen molar-refractivity contribution in [1.29, 1.82) is 0 Å². The Morgan fingerprint density at radius 2 is 1.88 bits per heavy atom. The predicted octanol–water partition coefficient (Wildman–Crippen LogP) is 2.70. The van der Waals surface area contributed by atoms with Gasteiger partial charge in [-0.25, -0.2) is 13.1 Å². The third-order valence-corrected chi connectivity index (χ3v) is 6.89. The first-order valence-electron chi connectivity index (χ1n) is 7.81. The van der Waals surface area contributed by atoms with Gasteiger partial charge < -0.3 is 4.74 Å². The highest BCUT2D eigenvalue weighted by Gasteiger charge is 2.35. The summed E-state index contributed by atoms with van der Waals surface area (Å²) >= 11 is 1.73. The third-order valence-electron chi connectivity index (χ3n) is 4.01. The molecule has 1 aromatic heterocycles. The SMILES string of the molecule is O=S(=O)(NCC1(Sc2ccccc2)CCOCC1)c1cccnc1. The Morgan fingerprint density at radius 1 is 1.12 bits per heavy atom. The van der Waals surface area contributed by atoms with E-state index in [9.17, 15) is 8.42 Å². The summed E-state index contributed by atoms with van der Waals surface area (Å²) < 4.78 is 33.0. The number of ether oxygens (including phenoxy) is 1. The van der Waals surface area contributed by atoms with Crippen LogP contribution in [0.15, 0.2) is 64.6 Å². The molecule has 0 spiro atoms. The number of hydrogen-bond acceptors (Lipinski definition) is 5. The summed E-state index contributed by atoms with van der Waals surface area (Å²) in [5, 5.41) is 0. The lowest BCUT2D eigenvalue weighted by Gasteiger charge is -2.36. The molecule has 2 aromatic rings. The molecule has 3 rings (SSSR count). The number of hydrogen-bond donors (Lipinski definition) is 1. The maximum atomic E-state index is 12.5. The van der Waals surface area contributed by atoms with Gasteiger partial charge in [0.1, 0.15) is 4.90 Å². The summed E-state index contributed by atoms with van der Waals surface area (Å²) in [6, 6.07) is 13.2. The summed E-state index contributed by atoms with van der Waals surface area (Å²) in [5.74, 6) is 0. The second-order valence-corrected chi connectivity index (χ2v) is 9.03. The lowest BCUT2D eigenvalue weighted by Crippen LogP contribution is -2.44. The fourth-order valence-corrected chi connectivity index (χ4v) is 5.10. The first-order valence-corrected chi connectivity index (χ1v) is 10.1. The van der Waals surface area contributed by atoms with Crippen LogP contribution in [-0.4, -0.2) is 37.9 Å². The standard InChI is InChI=1S/C17H20N2O3S2/c20-24(21,16-7-4-10-18-13-16)19-14-17(8-11-22-12-9-17)23-15-5-2-1-3-6-15/h1-7,10,13,19H,8-9,11-12,14H2. The smallest absolute Gasteiger partial charge is 0.242 e. The highest BCUT2D eigenvalue weighted by Crippen LogP contribution is 2.40. The van der Waals surface area contributed by atoms with E-state index in [1.807, 2.05) is 18.2 Å². The second kappa shape index (κ2) is 7.65. The third kappa shape index (κ3) is 4.36. The van der Waals surface area contributed by atoms with Crippen molar-refractivity contribution < 1.29 is 13.2 Å². The molecule has 1 saturated heterocycles. The molecule has 1 fully saturated rings. The molecule has 0 unspecified atom stereocenters. The van der Waals surface area contributed by atoms with E-state index < -0.39 is 10.0 Å². The number of thioether (sulfide) groups is 1. The summed E-state index contributed by atoms with van der Waals surface area (Å²) in [6.07, 6.45) is 4.54. The van der Waals surface area contributed by atoms with E-state index in [1.54, 1.807) is 30.1 Å². The zero-order valence-electron chi connectivity index (χ0n) is 13.2. The zero-order valence-corrected chi connectivity index (χ0v) is 14.9. The molecule has 2 heterocycles. The first kappa shape index (κ1) is 17.4. The Kier molecular flexibility index (Phi) is 5.55. The van der Waals surface area contributed by atoms with Crippen LogP contribution >= 0.6 is 11.8 Å². The van der Waals surface area contributed by atoms with Gasteiger partial charge in [0.2, 0.25) is 10.0 Å². The molecule has 7 heteroatoms. The van der Waals surface area contributed by atoms with Crippen LogP contribution in [0, 0.1) is 0 Å². The van der Waals surface area contributed by atoms with Gasteiger partial charge in [-0.2, -0.15) is 0 Å². The maximum Gasteiger partial charge on any atom is 0.242 e. The van der Waals surface area contributed by atoms with Crippen molar-refractivity contribution in [3.8, 4) is 0 Å². The highest BCUT2D eigenvalue weighted by molar-refractivity contribution is 8.00. The van der Waals surface area contributed by atoms with Crippen molar-refractivity contribution in [1.82, 2.24) is 9.71 Å². The van der Waals surface area contributed by atoms with Gasteiger partial charge in [-0.15, -0.1) is 11.8 Å². The Balaban J connectivity index is 1.75. The maximum absolute atomic E-state index is 12.5. The van der Waals surface area contributed by atoms with Crippen molar-refractivity contribution in [2.45, 2.75) is 27.4 Å². The van der Waals surface area contributed by atoms with Crippen LogP contribution in [0.2, 0.25) is 0 Å². The molecule has 0 amide bonds. The van der Waals surface area contributed by atoms with E-state index in [2.05, 4.69) is 21.8 Å². The Bertz CT molecular complexity index is 746. The minimum atomic E-state index is -3.56. The van der Waals surface area contributed by atoms with Gasteiger partial charge in [-0.3, -0.25) is 4.98 Å². The van der Waals surface area contributed by atoms with E-state index >= 15 is 0 Å². The number of sulfonamides is 1. The van der Waals surface area contributed by atoms with Gasteiger partial charge >= 0.3 is 0 Å². The van der Waals surface area contributed by atoms with Crippen LogP contribution in [0.4, 0.5) is 0 Å². The molecule has 1 N–H and O–H groups in total. The minimum absolute atomic E-state index is 0.192. The Hall–Kier alpha value is -1.41. The molecule has 1 aliphatic rings. The van der Waals surface area contributed by atoms with Crippen molar-refractivity contribution in [3.63, 3.8) is 0 Å². The van der Waals surface area contributed by atoms with Gasteiger partial charge in [0, 0.05) is 41.8 Å². The molecule has 1 aliphatic heterocycles. The second-order valence-electron chi connectivity index (χ2n) is 5.72. The van der Waals surface area contributed by atoms with Crippen LogP contribution in [0.25, 0.3) is 0 Å². The predicted molar refractivity (Wildman–Crippen MR) is 94.5 cm³/mol. The van der Waals surface area contributed by atoms with Crippen LogP contribution in [0.3, 0.4) is 0 Å². The topological polar surface area (TPSA) is 68.3 Å². The molecule has 5 nitrogen and oxygen atoms in total. The number of aromatic nitrogens is 1. The van der Waals surface area contributed by atoms with Crippen molar-refractivity contribution in [2.75, 3.05) is 19.8 Å². The normalized spacial score (nSPS) is 17.5. The number of rotatable bonds is 6. The first-order chi connectivity index (χ1) is 11.6. The number of nitrogens with one attached hydrogen (secondary N) is 1. The number of pyridine rings is 1. The number of benzene rings is 1. The minimum Gasteiger partial charge on any atom is -0.381 e. The van der Waals surface area contributed by atoms with E-state index in [-0.39, 0.29) is 9.64 Å². The fraction of sp³-hybridized carbons (Fsp3) is 0.353. The fourth-order valence-electron chi connectivity index (χ4n) is 2.61. The molecule has 1 aromatic carbocycles. The van der Waals surface area contributed by atoms with E-state index in [4.69, 9.17) is 4.74 Å². The van der Waals surface area contributed by atoms with E-state index in [0.717, 1.165) is 17.7 Å². The van der Waals surface area contributed by atoms with E-state index in [0.29, 0.717) is 19.8 Å². The van der Waals surface area contributed by atoms with Crippen molar-refractivity contribution in [3.05, 3.63) is 54.9 Å². The average molecular weight is 364 g/mol. The van der Waals surface area contributed by atoms with Gasteiger partial charge in [-0.05, 0) is 37.1 Å². The zero-order chi connectivity index (χ0) is 16.9. The van der Waals surface area contributed by atoms with Crippen molar-refractivity contribution in [2.24, 2.45) is 0 Å². The van der Waals surface area contributed by atoms with Crippen LogP contribution in [0.5, 0.6) is 0 Å². The van der Waals surface area contributed by atoms with E-state index in [1.165, 1.54) is 6.20 Å². The monoisotopic (exact) mass is 364 g/mol. The van der Waals surface area contributed by atoms with Gasteiger partial charge in [0.05, 0.1) is 0 Å². The van der Waals surface area contributed by atoms with Crippen molar-refractivity contribution >= 4 is 21.8 Å². The summed E-state index contributed by atoms with van der Waals surface area (Å²) in [6.45, 7) is 1.66.